The van der Waals surface area contributed by atoms with Gasteiger partial charge in [-0.2, -0.15) is 11.8 Å². The number of hydrogen-bond donors (Lipinski definition) is 0. The molecule has 2 aromatic rings. The van der Waals surface area contributed by atoms with Crippen LogP contribution >= 0.6 is 11.8 Å². The molecule has 2 heterocycles. The first kappa shape index (κ1) is 17.7. The Morgan fingerprint density at radius 1 is 1.24 bits per heavy atom. The fourth-order valence-electron chi connectivity index (χ4n) is 2.99. The summed E-state index contributed by atoms with van der Waals surface area (Å²) in [5.41, 5.74) is 2.50. The number of hydrogen-bond acceptors (Lipinski definition) is 4. The molecule has 1 atom stereocenters. The van der Waals surface area contributed by atoms with Gasteiger partial charge in [0.05, 0.1) is 6.33 Å². The third kappa shape index (κ3) is 4.12. The van der Waals surface area contributed by atoms with Crippen LogP contribution < -0.4 is 5.56 Å². The van der Waals surface area contributed by atoms with Crippen LogP contribution in [0, 0.1) is 13.8 Å². The van der Waals surface area contributed by atoms with Crippen LogP contribution in [0.3, 0.4) is 0 Å². The number of aromatic nitrogens is 2. The molecule has 5 nitrogen and oxygen atoms in total. The standard InChI is InChI=1S/C19H23N3O2S/c1-14-15(2)20-13-22(19(14)24)12-18(23)21-9-8-17(25-11-10-21)16-6-4-3-5-7-16/h3-7,13,17H,8-12H2,1-2H3. The lowest BCUT2D eigenvalue weighted by Gasteiger charge is -2.21. The highest BCUT2D eigenvalue weighted by atomic mass is 32.2. The molecule has 1 saturated heterocycles. The molecular weight excluding hydrogens is 334 g/mol. The van der Waals surface area contributed by atoms with Gasteiger partial charge in [-0.15, -0.1) is 0 Å². The fraction of sp³-hybridized carbons (Fsp3) is 0.421. The van der Waals surface area contributed by atoms with E-state index in [1.54, 1.807) is 13.8 Å². The molecule has 1 amide bonds. The first-order chi connectivity index (χ1) is 12.1. The fourth-order valence-corrected chi connectivity index (χ4v) is 4.22. The Morgan fingerprint density at radius 2 is 2.00 bits per heavy atom. The average Bonchev–Trinajstić information content (AvgIpc) is 2.89. The van der Waals surface area contributed by atoms with E-state index in [1.807, 2.05) is 22.7 Å². The van der Waals surface area contributed by atoms with Gasteiger partial charge in [0.25, 0.3) is 5.56 Å². The minimum absolute atomic E-state index is 0.0125. The van der Waals surface area contributed by atoms with Gasteiger partial charge >= 0.3 is 0 Å². The third-order valence-electron chi connectivity index (χ3n) is 4.69. The van der Waals surface area contributed by atoms with Gasteiger partial charge in [-0.25, -0.2) is 4.98 Å². The number of thioether (sulfide) groups is 1. The van der Waals surface area contributed by atoms with E-state index in [0.717, 1.165) is 25.3 Å². The predicted molar refractivity (Wildman–Crippen MR) is 101 cm³/mol. The van der Waals surface area contributed by atoms with Crippen molar-refractivity contribution in [1.29, 1.82) is 0 Å². The lowest BCUT2D eigenvalue weighted by Crippen LogP contribution is -2.38. The molecule has 0 bridgehead atoms. The minimum Gasteiger partial charge on any atom is -0.340 e. The summed E-state index contributed by atoms with van der Waals surface area (Å²) in [4.78, 5) is 31.0. The van der Waals surface area contributed by atoms with Gasteiger partial charge in [-0.3, -0.25) is 14.2 Å². The molecule has 0 saturated carbocycles. The number of amides is 1. The molecule has 1 aromatic heterocycles. The van der Waals surface area contributed by atoms with Gasteiger partial charge in [-0.1, -0.05) is 30.3 Å². The lowest BCUT2D eigenvalue weighted by molar-refractivity contribution is -0.131. The van der Waals surface area contributed by atoms with Gasteiger partial charge in [0.1, 0.15) is 6.54 Å². The Balaban J connectivity index is 1.66. The summed E-state index contributed by atoms with van der Waals surface area (Å²) in [6.07, 6.45) is 2.41. The van der Waals surface area contributed by atoms with Crippen LogP contribution in [0.2, 0.25) is 0 Å². The molecule has 1 unspecified atom stereocenters. The Morgan fingerprint density at radius 3 is 2.76 bits per heavy atom. The molecule has 0 radical (unpaired) electrons. The maximum absolute atomic E-state index is 12.6. The van der Waals surface area contributed by atoms with Crippen molar-refractivity contribution >= 4 is 17.7 Å². The van der Waals surface area contributed by atoms with Crippen LogP contribution in [0.15, 0.2) is 41.5 Å². The molecule has 0 N–H and O–H groups in total. The Bertz CT molecular complexity index is 804. The second-order valence-corrected chi connectivity index (χ2v) is 7.64. The molecule has 1 fully saturated rings. The number of rotatable bonds is 3. The van der Waals surface area contributed by atoms with Gasteiger partial charge in [-0.05, 0) is 25.8 Å². The van der Waals surface area contributed by atoms with E-state index in [0.29, 0.717) is 16.5 Å². The van der Waals surface area contributed by atoms with E-state index < -0.39 is 0 Å². The summed E-state index contributed by atoms with van der Waals surface area (Å²) < 4.78 is 1.41. The summed E-state index contributed by atoms with van der Waals surface area (Å²) in [5, 5.41) is 0.421. The van der Waals surface area contributed by atoms with E-state index in [2.05, 4.69) is 29.2 Å². The quantitative estimate of drug-likeness (QED) is 0.847. The molecule has 132 valence electrons. The van der Waals surface area contributed by atoms with Crippen LogP contribution in [-0.4, -0.2) is 39.2 Å². The monoisotopic (exact) mass is 357 g/mol. The maximum atomic E-state index is 12.6. The Labute approximate surface area is 152 Å². The average molecular weight is 357 g/mol. The lowest BCUT2D eigenvalue weighted by atomic mass is 10.1. The zero-order chi connectivity index (χ0) is 17.8. The minimum atomic E-state index is -0.132. The van der Waals surface area contributed by atoms with Gasteiger partial charge in [0.2, 0.25) is 5.91 Å². The maximum Gasteiger partial charge on any atom is 0.256 e. The van der Waals surface area contributed by atoms with Crippen LogP contribution in [0.25, 0.3) is 0 Å². The highest BCUT2D eigenvalue weighted by Gasteiger charge is 2.22. The van der Waals surface area contributed by atoms with E-state index in [1.165, 1.54) is 16.5 Å². The van der Waals surface area contributed by atoms with Crippen molar-refractivity contribution in [2.24, 2.45) is 0 Å². The van der Waals surface area contributed by atoms with Crippen molar-refractivity contribution < 1.29 is 4.79 Å². The molecule has 0 spiro atoms. The number of nitrogens with zero attached hydrogens (tertiary/aromatic N) is 3. The molecule has 1 aromatic carbocycles. The largest absolute Gasteiger partial charge is 0.340 e. The summed E-state index contributed by atoms with van der Waals surface area (Å²) in [5.74, 6) is 0.896. The number of carbonyl (C=O) groups is 1. The summed E-state index contributed by atoms with van der Waals surface area (Å²) in [6, 6.07) is 10.4. The predicted octanol–water partition coefficient (Wildman–Crippen LogP) is 2.57. The summed E-state index contributed by atoms with van der Waals surface area (Å²) in [7, 11) is 0. The van der Waals surface area contributed by atoms with Crippen molar-refractivity contribution in [1.82, 2.24) is 14.5 Å². The van der Waals surface area contributed by atoms with Gasteiger partial charge < -0.3 is 4.90 Å². The second-order valence-electron chi connectivity index (χ2n) is 6.33. The van der Waals surface area contributed by atoms with Crippen LogP contribution in [0.1, 0.15) is 28.5 Å². The smallest absolute Gasteiger partial charge is 0.256 e. The van der Waals surface area contributed by atoms with E-state index in [9.17, 15) is 9.59 Å². The van der Waals surface area contributed by atoms with E-state index >= 15 is 0 Å². The van der Waals surface area contributed by atoms with Crippen LogP contribution in [0.4, 0.5) is 0 Å². The third-order valence-corrected chi connectivity index (χ3v) is 6.01. The van der Waals surface area contributed by atoms with Crippen molar-refractivity contribution in [3.8, 4) is 0 Å². The van der Waals surface area contributed by atoms with Crippen molar-refractivity contribution in [3.63, 3.8) is 0 Å². The van der Waals surface area contributed by atoms with E-state index in [4.69, 9.17) is 0 Å². The summed E-state index contributed by atoms with van der Waals surface area (Å²) in [6.45, 7) is 5.06. The molecule has 1 aliphatic rings. The van der Waals surface area contributed by atoms with E-state index in [-0.39, 0.29) is 18.0 Å². The molecule has 1 aliphatic heterocycles. The number of benzene rings is 1. The molecule has 3 rings (SSSR count). The van der Waals surface area contributed by atoms with Gasteiger partial charge in [0.15, 0.2) is 0 Å². The molecule has 25 heavy (non-hydrogen) atoms. The first-order valence-electron chi connectivity index (χ1n) is 8.53. The first-order valence-corrected chi connectivity index (χ1v) is 9.58. The zero-order valence-corrected chi connectivity index (χ0v) is 15.5. The highest BCUT2D eigenvalue weighted by Crippen LogP contribution is 2.34. The van der Waals surface area contributed by atoms with Gasteiger partial charge in [0, 0.05) is 35.3 Å². The second kappa shape index (κ2) is 7.87. The zero-order valence-electron chi connectivity index (χ0n) is 14.6. The Hall–Kier alpha value is -2.08. The SMILES string of the molecule is Cc1ncn(CC(=O)N2CCSC(c3ccccc3)CC2)c(=O)c1C. The Kier molecular flexibility index (Phi) is 5.58. The van der Waals surface area contributed by atoms with Crippen LogP contribution in [0.5, 0.6) is 0 Å². The van der Waals surface area contributed by atoms with Crippen molar-refractivity contribution in [2.75, 3.05) is 18.8 Å². The van der Waals surface area contributed by atoms with Crippen LogP contribution in [-0.2, 0) is 11.3 Å². The topological polar surface area (TPSA) is 55.2 Å². The molecule has 6 heteroatoms. The summed E-state index contributed by atoms with van der Waals surface area (Å²) >= 11 is 1.90. The molecular formula is C19H23N3O2S. The number of carbonyl (C=O) groups excluding carboxylic acids is 1. The van der Waals surface area contributed by atoms with Crippen molar-refractivity contribution in [2.45, 2.75) is 32.1 Å². The highest BCUT2D eigenvalue weighted by molar-refractivity contribution is 7.99. The normalized spacial score (nSPS) is 18.0. The van der Waals surface area contributed by atoms with Crippen molar-refractivity contribution in [3.05, 3.63) is 63.8 Å². The molecule has 0 aliphatic carbocycles. The number of aryl methyl sites for hydroxylation is 1.